The van der Waals surface area contributed by atoms with Crippen molar-refractivity contribution in [2.45, 2.75) is 26.3 Å². The van der Waals surface area contributed by atoms with Crippen molar-refractivity contribution < 1.29 is 4.79 Å². The Labute approximate surface area is 121 Å². The second-order valence-corrected chi connectivity index (χ2v) is 4.76. The number of amides is 1. The van der Waals surface area contributed by atoms with Crippen LogP contribution in [0.5, 0.6) is 0 Å². The molecule has 0 saturated heterocycles. The van der Waals surface area contributed by atoms with E-state index >= 15 is 0 Å². The summed E-state index contributed by atoms with van der Waals surface area (Å²) >= 11 is 0. The zero-order valence-electron chi connectivity index (χ0n) is 12.1. The molecule has 2 rings (SSSR count). The molecule has 0 unspecified atom stereocenters. The molecule has 0 spiro atoms. The van der Waals surface area contributed by atoms with Crippen LogP contribution < -0.4 is 0 Å². The maximum atomic E-state index is 12.3. The molecule has 0 saturated carbocycles. The molecular weight excluding hydrogens is 246 g/mol. The van der Waals surface area contributed by atoms with Crippen molar-refractivity contribution in [3.63, 3.8) is 0 Å². The van der Waals surface area contributed by atoms with Crippen molar-refractivity contribution in [1.82, 2.24) is 4.90 Å². The van der Waals surface area contributed by atoms with Crippen molar-refractivity contribution in [3.8, 4) is 0 Å². The van der Waals surface area contributed by atoms with Gasteiger partial charge in [-0.1, -0.05) is 67.6 Å². The molecule has 0 N–H and O–H groups in total. The second-order valence-electron chi connectivity index (χ2n) is 4.76. The summed E-state index contributed by atoms with van der Waals surface area (Å²) in [5.74, 6) is 0.185. The lowest BCUT2D eigenvalue weighted by molar-refractivity contribution is -0.132. The molecule has 20 heavy (non-hydrogen) atoms. The highest BCUT2D eigenvalue weighted by Crippen LogP contribution is 2.28. The van der Waals surface area contributed by atoms with Gasteiger partial charge >= 0.3 is 0 Å². The van der Waals surface area contributed by atoms with Crippen LogP contribution in [0.1, 0.15) is 37.4 Å². The van der Waals surface area contributed by atoms with E-state index in [2.05, 4.69) is 24.3 Å². The molecule has 0 aliphatic carbocycles. The number of nitrogens with zero attached hydrogens (tertiary/aromatic N) is 1. The van der Waals surface area contributed by atoms with Crippen LogP contribution in [-0.4, -0.2) is 17.4 Å². The lowest BCUT2D eigenvalue weighted by atomic mass is 9.97. The Morgan fingerprint density at radius 3 is 1.70 bits per heavy atom. The van der Waals surface area contributed by atoms with Gasteiger partial charge in [0.25, 0.3) is 0 Å². The summed E-state index contributed by atoms with van der Waals surface area (Å²) in [5, 5.41) is 0. The van der Waals surface area contributed by atoms with Crippen molar-refractivity contribution >= 4 is 5.91 Å². The molecule has 0 bridgehead atoms. The molecule has 104 valence electrons. The summed E-state index contributed by atoms with van der Waals surface area (Å²) in [7, 11) is 0. The van der Waals surface area contributed by atoms with Crippen molar-refractivity contribution in [2.24, 2.45) is 0 Å². The summed E-state index contributed by atoms with van der Waals surface area (Å²) in [5.41, 5.74) is 2.31. The van der Waals surface area contributed by atoms with Crippen LogP contribution in [0.3, 0.4) is 0 Å². The van der Waals surface area contributed by atoms with Gasteiger partial charge in [0.05, 0.1) is 6.04 Å². The first-order valence-electron chi connectivity index (χ1n) is 7.17. The van der Waals surface area contributed by atoms with E-state index in [1.165, 1.54) is 0 Å². The minimum Gasteiger partial charge on any atom is -0.332 e. The topological polar surface area (TPSA) is 20.3 Å². The average Bonchev–Trinajstić information content (AvgIpc) is 2.53. The summed E-state index contributed by atoms with van der Waals surface area (Å²) < 4.78 is 0. The van der Waals surface area contributed by atoms with Crippen molar-refractivity contribution in [1.29, 1.82) is 0 Å². The fourth-order valence-corrected chi connectivity index (χ4v) is 2.53. The van der Waals surface area contributed by atoms with Crippen molar-refractivity contribution in [3.05, 3.63) is 71.8 Å². The second kappa shape index (κ2) is 6.90. The first-order chi connectivity index (χ1) is 9.77. The zero-order chi connectivity index (χ0) is 14.4. The predicted octanol–water partition coefficient (Wildman–Crippen LogP) is 4.03. The Morgan fingerprint density at radius 2 is 1.35 bits per heavy atom. The van der Waals surface area contributed by atoms with Gasteiger partial charge in [-0.05, 0) is 18.1 Å². The van der Waals surface area contributed by atoms with Gasteiger partial charge in [-0.15, -0.1) is 0 Å². The summed E-state index contributed by atoms with van der Waals surface area (Å²) in [6, 6.07) is 20.4. The van der Waals surface area contributed by atoms with Gasteiger partial charge in [-0.3, -0.25) is 4.79 Å². The van der Waals surface area contributed by atoms with Gasteiger partial charge in [0, 0.05) is 13.0 Å². The maximum absolute atomic E-state index is 12.3. The fourth-order valence-electron chi connectivity index (χ4n) is 2.53. The van der Waals surface area contributed by atoms with E-state index in [4.69, 9.17) is 0 Å². The van der Waals surface area contributed by atoms with Gasteiger partial charge in [-0.25, -0.2) is 0 Å². The normalized spacial score (nSPS) is 10.6. The molecule has 0 heterocycles. The Balaban J connectivity index is 2.47. The van der Waals surface area contributed by atoms with Crippen LogP contribution in [0.2, 0.25) is 0 Å². The molecule has 2 heteroatoms. The highest BCUT2D eigenvalue weighted by Gasteiger charge is 2.24. The minimum absolute atomic E-state index is 0.00477. The smallest absolute Gasteiger partial charge is 0.223 e. The third kappa shape index (κ3) is 3.08. The van der Waals surface area contributed by atoms with Crippen LogP contribution in [0, 0.1) is 0 Å². The zero-order valence-corrected chi connectivity index (χ0v) is 12.1. The SMILES string of the molecule is CCC(=O)N(CC)C(c1ccccc1)c1ccccc1. The van der Waals surface area contributed by atoms with Crippen LogP contribution in [-0.2, 0) is 4.79 Å². The van der Waals surface area contributed by atoms with Gasteiger partial charge in [0.2, 0.25) is 5.91 Å². The molecule has 1 amide bonds. The van der Waals surface area contributed by atoms with E-state index in [9.17, 15) is 4.79 Å². The third-order valence-electron chi connectivity index (χ3n) is 3.51. The van der Waals surface area contributed by atoms with E-state index in [0.717, 1.165) is 11.1 Å². The molecule has 0 fully saturated rings. The van der Waals surface area contributed by atoms with Crippen LogP contribution in [0.15, 0.2) is 60.7 Å². The Hall–Kier alpha value is -2.09. The first-order valence-corrected chi connectivity index (χ1v) is 7.17. The molecular formula is C18H21NO. The van der Waals surface area contributed by atoms with E-state index in [1.807, 2.05) is 55.1 Å². The quantitative estimate of drug-likeness (QED) is 0.800. The molecule has 0 aliphatic heterocycles. The Kier molecular flexibility index (Phi) is 4.94. The molecule has 0 aromatic heterocycles. The van der Waals surface area contributed by atoms with E-state index < -0.39 is 0 Å². The van der Waals surface area contributed by atoms with Crippen LogP contribution in [0.4, 0.5) is 0 Å². The third-order valence-corrected chi connectivity index (χ3v) is 3.51. The Morgan fingerprint density at radius 1 is 0.900 bits per heavy atom. The minimum atomic E-state index is -0.00477. The van der Waals surface area contributed by atoms with E-state index in [1.54, 1.807) is 0 Å². The summed E-state index contributed by atoms with van der Waals surface area (Å²) in [6.07, 6.45) is 0.532. The highest BCUT2D eigenvalue weighted by molar-refractivity contribution is 5.77. The number of benzene rings is 2. The lowest BCUT2D eigenvalue weighted by Crippen LogP contribution is -2.34. The number of rotatable bonds is 5. The molecule has 2 aromatic rings. The van der Waals surface area contributed by atoms with E-state index in [-0.39, 0.29) is 11.9 Å². The number of carbonyl (C=O) groups is 1. The first kappa shape index (κ1) is 14.3. The highest BCUT2D eigenvalue weighted by atomic mass is 16.2. The Bertz CT molecular complexity index is 496. The van der Waals surface area contributed by atoms with Gasteiger partial charge in [-0.2, -0.15) is 0 Å². The summed E-state index contributed by atoms with van der Waals surface area (Å²) in [4.78, 5) is 14.2. The predicted molar refractivity (Wildman–Crippen MR) is 82.4 cm³/mol. The molecule has 2 aromatic carbocycles. The lowest BCUT2D eigenvalue weighted by Gasteiger charge is -2.31. The van der Waals surface area contributed by atoms with Crippen molar-refractivity contribution in [2.75, 3.05) is 6.54 Å². The fraction of sp³-hybridized carbons (Fsp3) is 0.278. The monoisotopic (exact) mass is 267 g/mol. The molecule has 0 atom stereocenters. The average molecular weight is 267 g/mol. The molecule has 0 aliphatic rings. The molecule has 2 nitrogen and oxygen atoms in total. The van der Waals surface area contributed by atoms with Gasteiger partial charge < -0.3 is 4.90 Å². The maximum Gasteiger partial charge on any atom is 0.223 e. The number of hydrogen-bond acceptors (Lipinski definition) is 1. The van der Waals surface area contributed by atoms with Crippen LogP contribution >= 0.6 is 0 Å². The van der Waals surface area contributed by atoms with Crippen LogP contribution in [0.25, 0.3) is 0 Å². The van der Waals surface area contributed by atoms with Gasteiger partial charge in [0.15, 0.2) is 0 Å². The number of carbonyl (C=O) groups excluding carboxylic acids is 1. The largest absolute Gasteiger partial charge is 0.332 e. The van der Waals surface area contributed by atoms with E-state index in [0.29, 0.717) is 13.0 Å². The molecule has 0 radical (unpaired) electrons. The number of hydrogen-bond donors (Lipinski definition) is 0. The summed E-state index contributed by atoms with van der Waals surface area (Å²) in [6.45, 7) is 4.66. The standard InChI is InChI=1S/C18H21NO/c1-3-17(20)19(4-2)18(15-11-7-5-8-12-15)16-13-9-6-10-14-16/h5-14,18H,3-4H2,1-2H3. The van der Waals surface area contributed by atoms with Gasteiger partial charge in [0.1, 0.15) is 0 Å².